The predicted octanol–water partition coefficient (Wildman–Crippen LogP) is 4.96. The molecule has 5 rings (SSSR count). The second-order valence-corrected chi connectivity index (χ2v) is 6.59. The van der Waals surface area contributed by atoms with Gasteiger partial charge in [0.2, 0.25) is 5.89 Å². The van der Waals surface area contributed by atoms with Crippen LogP contribution in [0.25, 0.3) is 22.6 Å². The predicted molar refractivity (Wildman–Crippen MR) is 101 cm³/mol. The molecule has 0 unspecified atom stereocenters. The SMILES string of the molecule is Cc1ccc(-c2nc3ccc(N4Cc5ccccc5C4=O)cc3o2)cc1. The summed E-state index contributed by atoms with van der Waals surface area (Å²) >= 11 is 0. The highest BCUT2D eigenvalue weighted by Gasteiger charge is 2.28. The Morgan fingerprint density at radius 2 is 1.81 bits per heavy atom. The molecule has 3 aromatic carbocycles. The number of nitrogens with zero attached hydrogens (tertiary/aromatic N) is 2. The Morgan fingerprint density at radius 1 is 1.00 bits per heavy atom. The van der Waals surface area contributed by atoms with E-state index in [1.54, 1.807) is 4.90 Å². The molecule has 1 amide bonds. The molecule has 0 atom stereocenters. The fourth-order valence-electron chi connectivity index (χ4n) is 3.36. The molecular weight excluding hydrogens is 324 g/mol. The number of aryl methyl sites for hydroxylation is 1. The largest absolute Gasteiger partial charge is 0.436 e. The third kappa shape index (κ3) is 2.30. The summed E-state index contributed by atoms with van der Waals surface area (Å²) < 4.78 is 5.96. The van der Waals surface area contributed by atoms with Gasteiger partial charge in [-0.2, -0.15) is 0 Å². The number of benzene rings is 3. The summed E-state index contributed by atoms with van der Waals surface area (Å²) in [6.45, 7) is 2.63. The van der Waals surface area contributed by atoms with Crippen LogP contribution in [0.5, 0.6) is 0 Å². The molecule has 0 saturated heterocycles. The van der Waals surface area contributed by atoms with Gasteiger partial charge < -0.3 is 9.32 Å². The molecule has 4 nitrogen and oxygen atoms in total. The number of hydrogen-bond acceptors (Lipinski definition) is 3. The van der Waals surface area contributed by atoms with Crippen molar-refractivity contribution in [2.45, 2.75) is 13.5 Å². The van der Waals surface area contributed by atoms with E-state index in [1.165, 1.54) is 5.56 Å². The van der Waals surface area contributed by atoms with Gasteiger partial charge in [-0.25, -0.2) is 4.98 Å². The molecular formula is C22H16N2O2. The van der Waals surface area contributed by atoms with Crippen LogP contribution in [0.4, 0.5) is 5.69 Å². The minimum atomic E-state index is 0.0261. The van der Waals surface area contributed by atoms with Gasteiger partial charge >= 0.3 is 0 Å². The molecule has 0 aliphatic carbocycles. The molecule has 26 heavy (non-hydrogen) atoms. The highest BCUT2D eigenvalue weighted by Crippen LogP contribution is 2.32. The molecule has 1 aliphatic heterocycles. The average molecular weight is 340 g/mol. The van der Waals surface area contributed by atoms with Crippen molar-refractivity contribution < 1.29 is 9.21 Å². The summed E-state index contributed by atoms with van der Waals surface area (Å²) in [4.78, 5) is 19.0. The van der Waals surface area contributed by atoms with Crippen molar-refractivity contribution in [3.63, 3.8) is 0 Å². The summed E-state index contributed by atoms with van der Waals surface area (Å²) in [6, 6.07) is 21.5. The van der Waals surface area contributed by atoms with Crippen molar-refractivity contribution in [3.8, 4) is 11.5 Å². The molecule has 2 heterocycles. The van der Waals surface area contributed by atoms with E-state index in [0.717, 1.165) is 27.9 Å². The van der Waals surface area contributed by atoms with E-state index in [4.69, 9.17) is 4.42 Å². The van der Waals surface area contributed by atoms with Gasteiger partial charge in [-0.05, 0) is 42.8 Å². The van der Waals surface area contributed by atoms with Crippen LogP contribution in [0.2, 0.25) is 0 Å². The zero-order valence-electron chi connectivity index (χ0n) is 14.3. The van der Waals surface area contributed by atoms with Crippen molar-refractivity contribution >= 4 is 22.7 Å². The second kappa shape index (κ2) is 5.56. The van der Waals surface area contributed by atoms with Crippen molar-refractivity contribution in [2.24, 2.45) is 0 Å². The van der Waals surface area contributed by atoms with Crippen LogP contribution in [-0.4, -0.2) is 10.9 Å². The molecule has 0 N–H and O–H groups in total. The topological polar surface area (TPSA) is 46.3 Å². The van der Waals surface area contributed by atoms with Gasteiger partial charge in [0.05, 0.1) is 6.54 Å². The Bertz CT molecular complexity index is 1140. The zero-order valence-corrected chi connectivity index (χ0v) is 14.3. The van der Waals surface area contributed by atoms with E-state index in [-0.39, 0.29) is 5.91 Å². The van der Waals surface area contributed by atoms with E-state index in [9.17, 15) is 4.79 Å². The average Bonchev–Trinajstić information content (AvgIpc) is 3.23. The minimum absolute atomic E-state index is 0.0261. The summed E-state index contributed by atoms with van der Waals surface area (Å²) in [7, 11) is 0. The Morgan fingerprint density at radius 3 is 2.62 bits per heavy atom. The lowest BCUT2D eigenvalue weighted by molar-refractivity contribution is 0.0996. The molecule has 0 fully saturated rings. The van der Waals surface area contributed by atoms with Crippen molar-refractivity contribution in [1.82, 2.24) is 4.98 Å². The first-order valence-electron chi connectivity index (χ1n) is 8.56. The molecule has 1 aliphatic rings. The number of oxazole rings is 1. The number of carbonyl (C=O) groups is 1. The first-order valence-corrected chi connectivity index (χ1v) is 8.56. The molecule has 1 aromatic heterocycles. The number of amides is 1. The fourth-order valence-corrected chi connectivity index (χ4v) is 3.36. The van der Waals surface area contributed by atoms with Crippen LogP contribution in [0.1, 0.15) is 21.5 Å². The Kier molecular flexibility index (Phi) is 3.19. The van der Waals surface area contributed by atoms with Gasteiger partial charge in [0.15, 0.2) is 5.58 Å². The molecule has 0 radical (unpaired) electrons. The van der Waals surface area contributed by atoms with Gasteiger partial charge in [0.1, 0.15) is 5.52 Å². The Hall–Kier alpha value is -3.40. The van der Waals surface area contributed by atoms with Gasteiger partial charge in [-0.3, -0.25) is 4.79 Å². The normalized spacial score (nSPS) is 13.4. The van der Waals surface area contributed by atoms with Crippen LogP contribution in [0.3, 0.4) is 0 Å². The van der Waals surface area contributed by atoms with E-state index in [0.29, 0.717) is 18.0 Å². The first kappa shape index (κ1) is 14.9. The quantitative estimate of drug-likeness (QED) is 0.518. The lowest BCUT2D eigenvalue weighted by Crippen LogP contribution is -2.22. The minimum Gasteiger partial charge on any atom is -0.436 e. The number of fused-ring (bicyclic) bond motifs is 2. The van der Waals surface area contributed by atoms with Crippen LogP contribution in [-0.2, 0) is 6.54 Å². The number of hydrogen-bond donors (Lipinski definition) is 0. The summed E-state index contributed by atoms with van der Waals surface area (Å²) in [5.41, 5.74) is 6.25. The highest BCUT2D eigenvalue weighted by molar-refractivity contribution is 6.10. The fraction of sp³-hybridized carbons (Fsp3) is 0.0909. The number of aromatic nitrogens is 1. The summed E-state index contributed by atoms with van der Waals surface area (Å²) in [5.74, 6) is 0.617. The van der Waals surface area contributed by atoms with Crippen molar-refractivity contribution in [3.05, 3.63) is 83.4 Å². The standard InChI is InChI=1S/C22H16N2O2/c1-14-6-8-15(9-7-14)21-23-19-11-10-17(12-20(19)26-21)24-13-16-4-2-3-5-18(16)22(24)25/h2-12H,13H2,1H3. The summed E-state index contributed by atoms with van der Waals surface area (Å²) in [6.07, 6.45) is 0. The summed E-state index contributed by atoms with van der Waals surface area (Å²) in [5, 5.41) is 0. The lowest BCUT2D eigenvalue weighted by atomic mass is 10.1. The second-order valence-electron chi connectivity index (χ2n) is 6.59. The van der Waals surface area contributed by atoms with Gasteiger partial charge in [-0.1, -0.05) is 35.9 Å². The molecule has 4 aromatic rings. The molecule has 4 heteroatoms. The van der Waals surface area contributed by atoms with Gasteiger partial charge in [-0.15, -0.1) is 0 Å². The maximum atomic E-state index is 12.7. The maximum Gasteiger partial charge on any atom is 0.258 e. The smallest absolute Gasteiger partial charge is 0.258 e. The highest BCUT2D eigenvalue weighted by atomic mass is 16.3. The van der Waals surface area contributed by atoms with Gasteiger partial charge in [0.25, 0.3) is 5.91 Å². The van der Waals surface area contributed by atoms with Crippen LogP contribution >= 0.6 is 0 Å². The van der Waals surface area contributed by atoms with Crippen molar-refractivity contribution in [1.29, 1.82) is 0 Å². The first-order chi connectivity index (χ1) is 12.7. The molecule has 0 bridgehead atoms. The van der Waals surface area contributed by atoms with E-state index in [1.807, 2.05) is 73.7 Å². The third-order valence-corrected chi connectivity index (χ3v) is 4.80. The lowest BCUT2D eigenvalue weighted by Gasteiger charge is -2.15. The number of anilines is 1. The number of carbonyl (C=O) groups excluding carboxylic acids is 1. The van der Waals surface area contributed by atoms with Crippen LogP contribution in [0.15, 0.2) is 71.1 Å². The zero-order chi connectivity index (χ0) is 17.7. The Labute approximate surface area is 150 Å². The third-order valence-electron chi connectivity index (χ3n) is 4.80. The van der Waals surface area contributed by atoms with E-state index < -0.39 is 0 Å². The van der Waals surface area contributed by atoms with E-state index >= 15 is 0 Å². The number of rotatable bonds is 2. The van der Waals surface area contributed by atoms with Gasteiger partial charge in [0, 0.05) is 22.9 Å². The molecule has 0 saturated carbocycles. The monoisotopic (exact) mass is 340 g/mol. The Balaban J connectivity index is 1.53. The molecule has 126 valence electrons. The van der Waals surface area contributed by atoms with Crippen LogP contribution < -0.4 is 4.90 Å². The van der Waals surface area contributed by atoms with Crippen molar-refractivity contribution in [2.75, 3.05) is 4.90 Å². The molecule has 0 spiro atoms. The maximum absolute atomic E-state index is 12.7. The van der Waals surface area contributed by atoms with Crippen LogP contribution in [0, 0.1) is 6.92 Å². The van der Waals surface area contributed by atoms with E-state index in [2.05, 4.69) is 4.98 Å².